The van der Waals surface area contributed by atoms with E-state index in [9.17, 15) is 0 Å². The molecule has 108 valence electrons. The van der Waals surface area contributed by atoms with Crippen LogP contribution in [-0.2, 0) is 0 Å². The van der Waals surface area contributed by atoms with Crippen molar-refractivity contribution in [1.82, 2.24) is 9.97 Å². The van der Waals surface area contributed by atoms with E-state index in [1.807, 2.05) is 13.1 Å². The average molecular weight is 266 g/mol. The van der Waals surface area contributed by atoms with Crippen molar-refractivity contribution in [2.24, 2.45) is 5.41 Å². The molecule has 1 rings (SSSR count). The van der Waals surface area contributed by atoms with Crippen molar-refractivity contribution in [2.75, 3.05) is 30.8 Å². The second-order valence-electron chi connectivity index (χ2n) is 5.89. The molecule has 3 N–H and O–H groups in total. The predicted molar refractivity (Wildman–Crippen MR) is 79.6 cm³/mol. The molecule has 0 fully saturated rings. The highest BCUT2D eigenvalue weighted by Crippen LogP contribution is 2.22. The summed E-state index contributed by atoms with van der Waals surface area (Å²) in [7, 11) is 1.85. The lowest BCUT2D eigenvalue weighted by atomic mass is 9.90. The van der Waals surface area contributed by atoms with Crippen molar-refractivity contribution in [3.05, 3.63) is 11.9 Å². The smallest absolute Gasteiger partial charge is 0.135 e. The first kappa shape index (κ1) is 15.7. The molecule has 0 amide bonds. The lowest BCUT2D eigenvalue weighted by molar-refractivity contribution is 0.220. The fourth-order valence-electron chi connectivity index (χ4n) is 1.66. The van der Waals surface area contributed by atoms with E-state index in [0.717, 1.165) is 30.4 Å². The van der Waals surface area contributed by atoms with Gasteiger partial charge in [-0.3, -0.25) is 0 Å². The van der Waals surface area contributed by atoms with Gasteiger partial charge in [-0.2, -0.15) is 0 Å². The third kappa shape index (κ3) is 5.03. The van der Waals surface area contributed by atoms with Gasteiger partial charge in [-0.25, -0.2) is 9.97 Å². The van der Waals surface area contributed by atoms with Gasteiger partial charge in [0, 0.05) is 32.2 Å². The number of nitrogens with one attached hydrogen (secondary N) is 2. The summed E-state index contributed by atoms with van der Waals surface area (Å²) in [4.78, 5) is 8.95. The van der Waals surface area contributed by atoms with Crippen LogP contribution in [0, 0.1) is 5.41 Å². The predicted octanol–water partition coefficient (Wildman–Crippen LogP) is 2.46. The van der Waals surface area contributed by atoms with E-state index >= 15 is 0 Å². The maximum atomic E-state index is 9.03. The second kappa shape index (κ2) is 6.70. The average Bonchev–Trinajstić information content (AvgIpc) is 2.36. The minimum absolute atomic E-state index is 0.0392. The van der Waals surface area contributed by atoms with Gasteiger partial charge < -0.3 is 15.7 Å². The van der Waals surface area contributed by atoms with Gasteiger partial charge in [0.25, 0.3) is 0 Å². The molecule has 0 saturated heterocycles. The normalized spacial score (nSPS) is 11.7. The van der Waals surface area contributed by atoms with Gasteiger partial charge >= 0.3 is 0 Å². The zero-order chi connectivity index (χ0) is 14.5. The molecule has 19 heavy (non-hydrogen) atoms. The summed E-state index contributed by atoms with van der Waals surface area (Å²) in [6, 6.07) is 1.90. The van der Waals surface area contributed by atoms with Crippen molar-refractivity contribution in [1.29, 1.82) is 0 Å². The van der Waals surface area contributed by atoms with Gasteiger partial charge in [0.05, 0.1) is 0 Å². The molecule has 5 nitrogen and oxygen atoms in total. The molecule has 1 aromatic rings. The SMILES string of the molecule is CNc1cc(NCC(C)(C)CCO)nc(C(C)C)n1. The molecular formula is C14H26N4O. The van der Waals surface area contributed by atoms with Crippen LogP contribution in [0.3, 0.4) is 0 Å². The van der Waals surface area contributed by atoms with Gasteiger partial charge in [-0.05, 0) is 11.8 Å². The topological polar surface area (TPSA) is 70.1 Å². The minimum atomic E-state index is 0.0392. The Labute approximate surface area is 115 Å². The molecule has 0 saturated carbocycles. The third-order valence-corrected chi connectivity index (χ3v) is 3.05. The molecular weight excluding hydrogens is 240 g/mol. The molecule has 1 aromatic heterocycles. The summed E-state index contributed by atoms with van der Waals surface area (Å²) >= 11 is 0. The number of hydrogen-bond acceptors (Lipinski definition) is 5. The van der Waals surface area contributed by atoms with Crippen LogP contribution in [0.1, 0.15) is 45.9 Å². The molecule has 1 heterocycles. The Hall–Kier alpha value is -1.36. The number of aromatic nitrogens is 2. The molecule has 0 aliphatic rings. The van der Waals surface area contributed by atoms with Crippen molar-refractivity contribution in [3.63, 3.8) is 0 Å². The molecule has 0 bridgehead atoms. The van der Waals surface area contributed by atoms with Crippen molar-refractivity contribution < 1.29 is 5.11 Å². The van der Waals surface area contributed by atoms with Gasteiger partial charge in [-0.1, -0.05) is 27.7 Å². The summed E-state index contributed by atoms with van der Waals surface area (Å²) < 4.78 is 0. The maximum Gasteiger partial charge on any atom is 0.135 e. The fourth-order valence-corrected chi connectivity index (χ4v) is 1.66. The largest absolute Gasteiger partial charge is 0.396 e. The number of aliphatic hydroxyl groups excluding tert-OH is 1. The minimum Gasteiger partial charge on any atom is -0.396 e. The van der Waals surface area contributed by atoms with Crippen molar-refractivity contribution in [2.45, 2.75) is 40.0 Å². The molecule has 0 aromatic carbocycles. The van der Waals surface area contributed by atoms with Crippen LogP contribution in [-0.4, -0.2) is 35.3 Å². The summed E-state index contributed by atoms with van der Waals surface area (Å²) in [6.07, 6.45) is 0.765. The van der Waals surface area contributed by atoms with Crippen LogP contribution < -0.4 is 10.6 Å². The van der Waals surface area contributed by atoms with Gasteiger partial charge in [-0.15, -0.1) is 0 Å². The van der Waals surface area contributed by atoms with Crippen LogP contribution in [0.2, 0.25) is 0 Å². The van der Waals surface area contributed by atoms with E-state index in [-0.39, 0.29) is 12.0 Å². The van der Waals surface area contributed by atoms with Gasteiger partial charge in [0.15, 0.2) is 0 Å². The highest BCUT2D eigenvalue weighted by atomic mass is 16.3. The monoisotopic (exact) mass is 266 g/mol. The molecule has 0 atom stereocenters. The van der Waals surface area contributed by atoms with E-state index in [2.05, 4.69) is 48.3 Å². The number of hydrogen-bond donors (Lipinski definition) is 3. The fraction of sp³-hybridized carbons (Fsp3) is 0.714. The van der Waals surface area contributed by atoms with Gasteiger partial charge in [0.2, 0.25) is 0 Å². The van der Waals surface area contributed by atoms with Crippen LogP contribution in [0.25, 0.3) is 0 Å². The first-order chi connectivity index (χ1) is 8.88. The Kier molecular flexibility index (Phi) is 5.54. The molecule has 0 radical (unpaired) electrons. The van der Waals surface area contributed by atoms with Crippen LogP contribution in [0.4, 0.5) is 11.6 Å². The van der Waals surface area contributed by atoms with Crippen LogP contribution >= 0.6 is 0 Å². The van der Waals surface area contributed by atoms with E-state index in [1.54, 1.807) is 0 Å². The van der Waals surface area contributed by atoms with E-state index in [4.69, 9.17) is 5.11 Å². The second-order valence-corrected chi connectivity index (χ2v) is 5.89. The molecule has 0 aliphatic carbocycles. The summed E-state index contributed by atoms with van der Waals surface area (Å²) in [6.45, 7) is 9.38. The zero-order valence-electron chi connectivity index (χ0n) is 12.6. The summed E-state index contributed by atoms with van der Waals surface area (Å²) in [5.41, 5.74) is 0.0392. The first-order valence-electron chi connectivity index (χ1n) is 6.79. The van der Waals surface area contributed by atoms with Crippen LogP contribution in [0.15, 0.2) is 6.07 Å². The standard InChI is InChI=1S/C14H26N4O/c1-10(2)13-17-11(15-5)8-12(18-13)16-9-14(3,4)6-7-19/h8,10,19H,6-7,9H2,1-5H3,(H2,15,16,17,18). The lowest BCUT2D eigenvalue weighted by Gasteiger charge is -2.24. The molecule has 0 spiro atoms. The van der Waals surface area contributed by atoms with Crippen LogP contribution in [0.5, 0.6) is 0 Å². The quantitative estimate of drug-likeness (QED) is 0.707. The Morgan fingerprint density at radius 1 is 1.26 bits per heavy atom. The van der Waals surface area contributed by atoms with Gasteiger partial charge in [0.1, 0.15) is 17.5 Å². The van der Waals surface area contributed by atoms with E-state index in [0.29, 0.717) is 5.92 Å². The third-order valence-electron chi connectivity index (χ3n) is 3.05. The van der Waals surface area contributed by atoms with E-state index < -0.39 is 0 Å². The highest BCUT2D eigenvalue weighted by Gasteiger charge is 2.17. The van der Waals surface area contributed by atoms with Crippen molar-refractivity contribution >= 4 is 11.6 Å². The zero-order valence-corrected chi connectivity index (χ0v) is 12.6. The summed E-state index contributed by atoms with van der Waals surface area (Å²) in [5.74, 6) is 2.77. The first-order valence-corrected chi connectivity index (χ1v) is 6.79. The molecule has 5 heteroatoms. The number of aliphatic hydroxyl groups is 1. The Morgan fingerprint density at radius 2 is 1.89 bits per heavy atom. The van der Waals surface area contributed by atoms with E-state index in [1.165, 1.54) is 0 Å². The highest BCUT2D eigenvalue weighted by molar-refractivity contribution is 5.47. The summed E-state index contributed by atoms with van der Waals surface area (Å²) in [5, 5.41) is 15.4. The maximum absolute atomic E-state index is 9.03. The lowest BCUT2D eigenvalue weighted by Crippen LogP contribution is -2.25. The van der Waals surface area contributed by atoms with Crippen molar-refractivity contribution in [3.8, 4) is 0 Å². The number of rotatable bonds is 7. The number of nitrogens with zero attached hydrogens (tertiary/aromatic N) is 2. The molecule has 0 unspecified atom stereocenters. The Balaban J connectivity index is 2.80. The number of anilines is 2. The molecule has 0 aliphatic heterocycles. The Bertz CT molecular complexity index is 404. The Morgan fingerprint density at radius 3 is 2.42 bits per heavy atom.